The number of hydrogen-bond acceptors (Lipinski definition) is 4. The number of hydrogen-bond donors (Lipinski definition) is 1. The Bertz CT molecular complexity index is 570. The van der Waals surface area contributed by atoms with Crippen LogP contribution in [0.5, 0.6) is 0 Å². The van der Waals surface area contributed by atoms with Crippen LogP contribution in [0.1, 0.15) is 22.3 Å². The Morgan fingerprint density at radius 3 is 2.86 bits per heavy atom. The zero-order valence-electron chi connectivity index (χ0n) is 12.1. The van der Waals surface area contributed by atoms with E-state index < -0.39 is 0 Å². The molecule has 1 saturated heterocycles. The van der Waals surface area contributed by atoms with Crippen molar-refractivity contribution in [2.75, 3.05) is 44.6 Å². The van der Waals surface area contributed by atoms with Gasteiger partial charge in [0.15, 0.2) is 0 Å². The maximum absolute atomic E-state index is 12.5. The molecular formula is C16H20N4O. The molecular weight excluding hydrogens is 264 g/mol. The van der Waals surface area contributed by atoms with Crippen molar-refractivity contribution in [2.45, 2.75) is 12.8 Å². The van der Waals surface area contributed by atoms with Gasteiger partial charge in [-0.05, 0) is 24.1 Å². The normalized spacial score (nSPS) is 18.0. The Morgan fingerprint density at radius 2 is 2.10 bits per heavy atom. The first-order chi connectivity index (χ1) is 10.3. The molecule has 1 N–H and O–H groups in total. The molecule has 0 aromatic heterocycles. The van der Waals surface area contributed by atoms with Crippen LogP contribution in [0.2, 0.25) is 0 Å². The van der Waals surface area contributed by atoms with Crippen LogP contribution >= 0.6 is 0 Å². The molecule has 0 radical (unpaired) electrons. The van der Waals surface area contributed by atoms with Crippen molar-refractivity contribution >= 4 is 11.6 Å². The van der Waals surface area contributed by atoms with Crippen LogP contribution in [-0.2, 0) is 6.42 Å². The van der Waals surface area contributed by atoms with Crippen molar-refractivity contribution in [1.82, 2.24) is 9.80 Å². The second-order valence-electron chi connectivity index (χ2n) is 5.59. The van der Waals surface area contributed by atoms with E-state index in [0.717, 1.165) is 56.9 Å². The van der Waals surface area contributed by atoms with Crippen molar-refractivity contribution in [3.05, 3.63) is 29.3 Å². The van der Waals surface area contributed by atoms with E-state index in [1.165, 1.54) is 5.56 Å². The van der Waals surface area contributed by atoms with E-state index in [4.69, 9.17) is 5.26 Å². The number of nitriles is 1. The molecule has 1 aromatic carbocycles. The lowest BCUT2D eigenvalue weighted by Crippen LogP contribution is -2.48. The average Bonchev–Trinajstić information content (AvgIpc) is 3.00. The molecule has 110 valence electrons. The summed E-state index contributed by atoms with van der Waals surface area (Å²) in [5, 5.41) is 11.9. The molecule has 0 bridgehead atoms. The molecule has 1 amide bonds. The molecule has 1 fully saturated rings. The van der Waals surface area contributed by atoms with Crippen LogP contribution in [0.4, 0.5) is 5.69 Å². The molecule has 0 aliphatic carbocycles. The first kappa shape index (κ1) is 13.9. The fourth-order valence-corrected chi connectivity index (χ4v) is 2.99. The van der Waals surface area contributed by atoms with Gasteiger partial charge in [0.2, 0.25) is 0 Å². The predicted molar refractivity (Wildman–Crippen MR) is 81.2 cm³/mol. The van der Waals surface area contributed by atoms with Crippen LogP contribution in [-0.4, -0.2) is 55.0 Å². The molecule has 5 nitrogen and oxygen atoms in total. The Balaban J connectivity index is 1.60. The summed E-state index contributed by atoms with van der Waals surface area (Å²) in [5.41, 5.74) is 3.18. The number of rotatable bonds is 3. The zero-order chi connectivity index (χ0) is 14.7. The van der Waals surface area contributed by atoms with Gasteiger partial charge >= 0.3 is 0 Å². The third kappa shape index (κ3) is 3.01. The van der Waals surface area contributed by atoms with Gasteiger partial charge in [-0.3, -0.25) is 9.69 Å². The summed E-state index contributed by atoms with van der Waals surface area (Å²) in [7, 11) is 0. The van der Waals surface area contributed by atoms with E-state index >= 15 is 0 Å². The second-order valence-corrected chi connectivity index (χ2v) is 5.59. The molecule has 1 aromatic rings. The lowest BCUT2D eigenvalue weighted by molar-refractivity contribution is 0.0640. The number of nitrogens with zero attached hydrogens (tertiary/aromatic N) is 3. The molecule has 21 heavy (non-hydrogen) atoms. The van der Waals surface area contributed by atoms with Crippen LogP contribution < -0.4 is 5.32 Å². The number of carbonyl (C=O) groups is 1. The smallest absolute Gasteiger partial charge is 0.254 e. The summed E-state index contributed by atoms with van der Waals surface area (Å²) in [6.07, 6.45) is 1.60. The van der Waals surface area contributed by atoms with Gasteiger partial charge in [-0.15, -0.1) is 0 Å². The lowest BCUT2D eigenvalue weighted by Gasteiger charge is -2.34. The predicted octanol–water partition coefficient (Wildman–Crippen LogP) is 1.33. The number of fused-ring (bicyclic) bond motifs is 1. The highest BCUT2D eigenvalue weighted by Gasteiger charge is 2.23. The SMILES string of the molecule is N#CCCN1CCN(C(=O)c2ccc3c(c2)NCC3)CC1. The quantitative estimate of drug-likeness (QED) is 0.909. The largest absolute Gasteiger partial charge is 0.384 e. The number of piperazine rings is 1. The molecule has 0 spiro atoms. The molecule has 0 atom stereocenters. The number of carbonyl (C=O) groups excluding carboxylic acids is 1. The Kier molecular flexibility index (Phi) is 4.07. The minimum absolute atomic E-state index is 0.117. The standard InChI is InChI=1S/C16H20N4O/c17-5-1-7-19-8-10-20(11-9-19)16(21)14-3-2-13-4-6-18-15(13)12-14/h2-3,12,18H,1,4,6-11H2. The van der Waals surface area contributed by atoms with Gasteiger partial charge in [-0.25, -0.2) is 0 Å². The van der Waals surface area contributed by atoms with Crippen LogP contribution in [0.25, 0.3) is 0 Å². The third-order valence-corrected chi connectivity index (χ3v) is 4.27. The summed E-state index contributed by atoms with van der Waals surface area (Å²) < 4.78 is 0. The Labute approximate surface area is 125 Å². The van der Waals surface area contributed by atoms with E-state index in [0.29, 0.717) is 6.42 Å². The molecule has 3 rings (SSSR count). The van der Waals surface area contributed by atoms with Gasteiger partial charge < -0.3 is 10.2 Å². The summed E-state index contributed by atoms with van der Waals surface area (Å²) in [6, 6.07) is 8.15. The topological polar surface area (TPSA) is 59.4 Å². The Morgan fingerprint density at radius 1 is 1.29 bits per heavy atom. The van der Waals surface area contributed by atoms with Crippen molar-refractivity contribution < 1.29 is 4.79 Å². The highest BCUT2D eigenvalue weighted by Crippen LogP contribution is 2.24. The number of amides is 1. The first-order valence-electron chi connectivity index (χ1n) is 7.53. The summed E-state index contributed by atoms with van der Waals surface area (Å²) in [4.78, 5) is 16.7. The summed E-state index contributed by atoms with van der Waals surface area (Å²) in [5.74, 6) is 0.117. The van der Waals surface area contributed by atoms with Crippen molar-refractivity contribution in [2.24, 2.45) is 0 Å². The minimum Gasteiger partial charge on any atom is -0.384 e. The van der Waals surface area contributed by atoms with Crippen molar-refractivity contribution in [3.8, 4) is 6.07 Å². The highest BCUT2D eigenvalue weighted by atomic mass is 16.2. The van der Waals surface area contributed by atoms with Gasteiger partial charge in [0, 0.05) is 56.9 Å². The summed E-state index contributed by atoms with van der Waals surface area (Å²) in [6.45, 7) is 4.97. The van der Waals surface area contributed by atoms with Gasteiger partial charge in [0.05, 0.1) is 6.07 Å². The van der Waals surface area contributed by atoms with Crippen molar-refractivity contribution in [3.63, 3.8) is 0 Å². The lowest BCUT2D eigenvalue weighted by atomic mass is 10.1. The van der Waals surface area contributed by atoms with Gasteiger partial charge in [-0.2, -0.15) is 5.26 Å². The Hall–Kier alpha value is -2.06. The van der Waals surface area contributed by atoms with Crippen LogP contribution in [0.3, 0.4) is 0 Å². The fourth-order valence-electron chi connectivity index (χ4n) is 2.99. The second kappa shape index (κ2) is 6.15. The van der Waals surface area contributed by atoms with Gasteiger partial charge in [0.25, 0.3) is 5.91 Å². The van der Waals surface area contributed by atoms with Crippen molar-refractivity contribution in [1.29, 1.82) is 5.26 Å². The summed E-state index contributed by atoms with van der Waals surface area (Å²) >= 11 is 0. The monoisotopic (exact) mass is 284 g/mol. The number of anilines is 1. The maximum Gasteiger partial charge on any atom is 0.254 e. The molecule has 2 aliphatic heterocycles. The van der Waals surface area contributed by atoms with Crippen LogP contribution in [0, 0.1) is 11.3 Å². The average molecular weight is 284 g/mol. The molecule has 0 saturated carbocycles. The van der Waals surface area contributed by atoms with E-state index in [1.54, 1.807) is 0 Å². The van der Waals surface area contributed by atoms with Crippen LogP contribution in [0.15, 0.2) is 18.2 Å². The minimum atomic E-state index is 0.117. The van der Waals surface area contributed by atoms with Gasteiger partial charge in [0.1, 0.15) is 0 Å². The maximum atomic E-state index is 12.5. The molecule has 0 unspecified atom stereocenters. The van der Waals surface area contributed by atoms with E-state index in [2.05, 4.69) is 22.4 Å². The fraction of sp³-hybridized carbons (Fsp3) is 0.500. The molecule has 2 heterocycles. The van der Waals surface area contributed by atoms with E-state index in [9.17, 15) is 4.79 Å². The first-order valence-corrected chi connectivity index (χ1v) is 7.53. The highest BCUT2D eigenvalue weighted by molar-refractivity contribution is 5.95. The van der Waals surface area contributed by atoms with E-state index in [-0.39, 0.29) is 5.91 Å². The van der Waals surface area contributed by atoms with E-state index in [1.807, 2.05) is 17.0 Å². The van der Waals surface area contributed by atoms with Gasteiger partial charge in [-0.1, -0.05) is 6.07 Å². The zero-order valence-corrected chi connectivity index (χ0v) is 12.1. The molecule has 5 heteroatoms. The number of nitrogens with one attached hydrogen (secondary N) is 1. The third-order valence-electron chi connectivity index (χ3n) is 4.27. The molecule has 2 aliphatic rings. The number of benzene rings is 1.